The minimum absolute atomic E-state index is 0.584. The average Bonchev–Trinajstić information content (AvgIpc) is 3.28. The van der Waals surface area contributed by atoms with Gasteiger partial charge in [-0.25, -0.2) is 0 Å². The zero-order chi connectivity index (χ0) is 19.6. The molecule has 0 heterocycles. The molecule has 0 fully saturated rings. The topological polar surface area (TPSA) is 0 Å². The van der Waals surface area contributed by atoms with E-state index in [1.165, 1.54) is 22.3 Å². The molecule has 0 saturated heterocycles. The standard InChI is InChI=1S/2C13H9.2CH3.Zr/c2*1-3-7-12-10(5-1)9-11-6-2-4-8-13(11)12;;;/h2*1-9H;2*1H3;. The van der Waals surface area contributed by atoms with Gasteiger partial charge in [-0.3, -0.25) is 0 Å². The molecule has 0 radical (unpaired) electrons. The van der Waals surface area contributed by atoms with Crippen LogP contribution in [0.1, 0.15) is 29.5 Å². The summed E-state index contributed by atoms with van der Waals surface area (Å²) < 4.78 is 6.53. The van der Waals surface area contributed by atoms with E-state index in [-0.39, 0.29) is 0 Å². The molecular formula is C28H24Zr. The van der Waals surface area contributed by atoms with Gasteiger partial charge in [-0.1, -0.05) is 0 Å². The van der Waals surface area contributed by atoms with Gasteiger partial charge in [0.2, 0.25) is 0 Å². The molecule has 0 nitrogen and oxygen atoms in total. The summed E-state index contributed by atoms with van der Waals surface area (Å²) in [5.41, 5.74) is 12.1. The van der Waals surface area contributed by atoms with Crippen molar-refractivity contribution in [2.45, 2.75) is 16.5 Å². The Kier molecular flexibility index (Phi) is 3.87. The molecule has 29 heavy (non-hydrogen) atoms. The first-order valence-electron chi connectivity index (χ1n) is 10.5. The molecule has 0 atom stereocenters. The average molecular weight is 452 g/mol. The zero-order valence-corrected chi connectivity index (χ0v) is 19.4. The van der Waals surface area contributed by atoms with Crippen LogP contribution in [0.25, 0.3) is 22.3 Å². The maximum atomic E-state index is 2.68. The Hall–Kier alpha value is -2.24. The first kappa shape index (κ1) is 17.6. The van der Waals surface area contributed by atoms with Crippen molar-refractivity contribution in [3.63, 3.8) is 0 Å². The third-order valence-electron chi connectivity index (χ3n) is 7.16. The molecule has 0 unspecified atom stereocenters. The van der Waals surface area contributed by atoms with Crippen molar-refractivity contribution in [3.05, 3.63) is 119 Å². The normalized spacial score (nSPS) is 15.0. The molecule has 1 heteroatoms. The SMILES string of the molecule is [CH3][Zr]([CH3])([CH]1c2ccccc2-c2ccccc21)[CH]1c2ccccc2-c2ccccc21. The molecule has 0 saturated carbocycles. The second kappa shape index (κ2) is 6.38. The first-order chi connectivity index (χ1) is 14.2. The summed E-state index contributed by atoms with van der Waals surface area (Å²) >= 11 is -2.80. The van der Waals surface area contributed by atoms with Crippen LogP contribution in [0.5, 0.6) is 0 Å². The molecule has 2 aliphatic carbocycles. The van der Waals surface area contributed by atoms with Gasteiger partial charge in [0.1, 0.15) is 0 Å². The molecular weight excluding hydrogens is 428 g/mol. The van der Waals surface area contributed by atoms with Crippen molar-refractivity contribution in [2.75, 3.05) is 0 Å². The van der Waals surface area contributed by atoms with Crippen LogP contribution in [0.2, 0.25) is 9.26 Å². The Bertz CT molecular complexity index is 1060. The summed E-state index contributed by atoms with van der Waals surface area (Å²) in [4.78, 5) is 0. The van der Waals surface area contributed by atoms with Gasteiger partial charge in [0.05, 0.1) is 0 Å². The van der Waals surface area contributed by atoms with E-state index >= 15 is 0 Å². The van der Waals surface area contributed by atoms with Crippen LogP contribution in [-0.2, 0) is 20.3 Å². The Morgan fingerprint density at radius 3 is 0.931 bits per heavy atom. The van der Waals surface area contributed by atoms with Crippen molar-refractivity contribution in [2.24, 2.45) is 0 Å². The fourth-order valence-corrected chi connectivity index (χ4v) is 17.3. The van der Waals surface area contributed by atoms with E-state index in [1.807, 2.05) is 0 Å². The van der Waals surface area contributed by atoms with Crippen LogP contribution in [0.3, 0.4) is 0 Å². The molecule has 0 bridgehead atoms. The molecule has 0 amide bonds. The predicted molar refractivity (Wildman–Crippen MR) is 119 cm³/mol. The van der Waals surface area contributed by atoms with Gasteiger partial charge >= 0.3 is 178 Å². The van der Waals surface area contributed by atoms with Crippen molar-refractivity contribution in [3.8, 4) is 22.3 Å². The minimum atomic E-state index is -2.80. The molecule has 4 aromatic carbocycles. The fraction of sp³-hybridized carbons (Fsp3) is 0.143. The van der Waals surface area contributed by atoms with Crippen molar-refractivity contribution in [1.29, 1.82) is 0 Å². The van der Waals surface area contributed by atoms with E-state index in [0.29, 0.717) is 7.25 Å². The van der Waals surface area contributed by atoms with E-state index < -0.39 is 20.3 Å². The number of benzene rings is 4. The van der Waals surface area contributed by atoms with Crippen molar-refractivity contribution >= 4 is 0 Å². The third-order valence-corrected chi connectivity index (χ3v) is 17.5. The summed E-state index contributed by atoms with van der Waals surface area (Å²) in [6, 6.07) is 36.6. The van der Waals surface area contributed by atoms with Gasteiger partial charge in [0.25, 0.3) is 0 Å². The van der Waals surface area contributed by atoms with E-state index in [9.17, 15) is 0 Å². The Balaban J connectivity index is 1.61. The van der Waals surface area contributed by atoms with Gasteiger partial charge in [0.15, 0.2) is 0 Å². The molecule has 0 spiro atoms. The van der Waals surface area contributed by atoms with Gasteiger partial charge in [-0.05, 0) is 0 Å². The fourth-order valence-electron chi connectivity index (χ4n) is 6.08. The summed E-state index contributed by atoms with van der Waals surface area (Å²) in [7, 11) is 0. The second-order valence-electron chi connectivity index (χ2n) is 9.04. The van der Waals surface area contributed by atoms with E-state index in [4.69, 9.17) is 0 Å². The van der Waals surface area contributed by atoms with Crippen LogP contribution < -0.4 is 0 Å². The monoisotopic (exact) mass is 450 g/mol. The molecule has 4 aromatic rings. The predicted octanol–water partition coefficient (Wildman–Crippen LogP) is 7.78. The van der Waals surface area contributed by atoms with E-state index in [0.717, 1.165) is 0 Å². The van der Waals surface area contributed by atoms with Crippen LogP contribution in [-0.4, -0.2) is 0 Å². The van der Waals surface area contributed by atoms with Crippen molar-refractivity contribution in [1.82, 2.24) is 0 Å². The number of hydrogen-bond acceptors (Lipinski definition) is 0. The summed E-state index contributed by atoms with van der Waals surface area (Å²) in [6.45, 7) is 0. The quantitative estimate of drug-likeness (QED) is 0.292. The molecule has 0 aromatic heterocycles. The Labute approximate surface area is 177 Å². The van der Waals surface area contributed by atoms with Crippen LogP contribution in [0.4, 0.5) is 0 Å². The van der Waals surface area contributed by atoms with Gasteiger partial charge in [0, 0.05) is 0 Å². The van der Waals surface area contributed by atoms with Crippen molar-refractivity contribution < 1.29 is 20.3 Å². The van der Waals surface area contributed by atoms with Crippen LogP contribution in [0.15, 0.2) is 97.1 Å². The number of fused-ring (bicyclic) bond motifs is 6. The Morgan fingerprint density at radius 1 is 0.414 bits per heavy atom. The van der Waals surface area contributed by atoms with Gasteiger partial charge in [-0.2, -0.15) is 0 Å². The first-order valence-corrected chi connectivity index (χ1v) is 18.3. The van der Waals surface area contributed by atoms with E-state index in [1.54, 1.807) is 22.3 Å². The maximum absolute atomic E-state index is 2.80. The number of rotatable bonds is 2. The summed E-state index contributed by atoms with van der Waals surface area (Å²) in [6.07, 6.45) is 0. The number of hydrogen-bond donors (Lipinski definition) is 0. The van der Waals surface area contributed by atoms with Crippen LogP contribution >= 0.6 is 0 Å². The van der Waals surface area contributed by atoms with E-state index in [2.05, 4.69) is 106 Å². The second-order valence-corrected chi connectivity index (χ2v) is 20.8. The van der Waals surface area contributed by atoms with Gasteiger partial charge < -0.3 is 0 Å². The van der Waals surface area contributed by atoms with Gasteiger partial charge in [-0.15, -0.1) is 0 Å². The molecule has 140 valence electrons. The molecule has 2 aliphatic rings. The molecule has 0 aliphatic heterocycles. The summed E-state index contributed by atoms with van der Waals surface area (Å²) in [5.74, 6) is 0. The third kappa shape index (κ3) is 2.41. The summed E-state index contributed by atoms with van der Waals surface area (Å²) in [5, 5.41) is 0. The van der Waals surface area contributed by atoms with Crippen LogP contribution in [0, 0.1) is 0 Å². The molecule has 6 rings (SSSR count). The zero-order valence-electron chi connectivity index (χ0n) is 16.9. The Morgan fingerprint density at radius 2 is 0.655 bits per heavy atom. The molecule has 0 N–H and O–H groups in total.